The lowest BCUT2D eigenvalue weighted by Crippen LogP contribution is -2.35. The Hall–Kier alpha value is -4.35. The number of H-pyrrole nitrogens is 1. The molecular formula is C27H29N9O2. The minimum absolute atomic E-state index is 0.117. The zero-order chi connectivity index (χ0) is 26.2. The fourth-order valence-electron chi connectivity index (χ4n) is 4.99. The first-order chi connectivity index (χ1) is 18.5. The lowest BCUT2D eigenvalue weighted by atomic mass is 10.1. The van der Waals surface area contributed by atoms with Gasteiger partial charge in [-0.1, -0.05) is 24.3 Å². The van der Waals surface area contributed by atoms with E-state index in [1.54, 1.807) is 10.9 Å². The van der Waals surface area contributed by atoms with Crippen molar-refractivity contribution in [2.24, 2.45) is 0 Å². The van der Waals surface area contributed by atoms with E-state index in [4.69, 9.17) is 15.5 Å². The number of nitrogens with one attached hydrogen (secondary N) is 2. The number of fused-ring (bicyclic) bond motifs is 2. The monoisotopic (exact) mass is 511 g/mol. The molecule has 0 spiro atoms. The van der Waals surface area contributed by atoms with Crippen molar-refractivity contribution >= 4 is 33.8 Å². The number of nitrogens with zero attached hydrogens (tertiary/aromatic N) is 6. The number of hydrogen-bond acceptors (Lipinski definition) is 9. The van der Waals surface area contributed by atoms with E-state index in [0.29, 0.717) is 33.7 Å². The van der Waals surface area contributed by atoms with Crippen LogP contribution >= 0.6 is 0 Å². The second-order valence-corrected chi connectivity index (χ2v) is 9.53. The number of ether oxygens (including phenoxy) is 1. The Bertz CT molecular complexity index is 1690. The van der Waals surface area contributed by atoms with Gasteiger partial charge in [-0.3, -0.25) is 14.3 Å². The molecule has 3 aromatic heterocycles. The van der Waals surface area contributed by atoms with Crippen molar-refractivity contribution in [3.8, 4) is 5.69 Å². The normalized spacial score (nSPS) is 15.2. The third kappa shape index (κ3) is 4.46. The predicted octanol–water partition coefficient (Wildman–Crippen LogP) is 2.95. The van der Waals surface area contributed by atoms with E-state index in [9.17, 15) is 4.79 Å². The molecule has 4 N–H and O–H groups in total. The maximum Gasteiger partial charge on any atom is 0.266 e. The third-order valence-electron chi connectivity index (χ3n) is 6.85. The molecule has 6 rings (SSSR count). The average molecular weight is 512 g/mol. The molecule has 0 radical (unpaired) electrons. The number of rotatable bonds is 6. The molecule has 194 valence electrons. The minimum atomic E-state index is -0.412. The number of aromatic nitrogens is 6. The van der Waals surface area contributed by atoms with Crippen LogP contribution in [0.1, 0.15) is 29.9 Å². The van der Waals surface area contributed by atoms with Crippen molar-refractivity contribution in [3.05, 3.63) is 76.1 Å². The number of imidazole rings is 1. The topological polar surface area (TPSA) is 140 Å². The van der Waals surface area contributed by atoms with Gasteiger partial charge in [0.2, 0.25) is 5.95 Å². The van der Waals surface area contributed by atoms with E-state index in [1.807, 2.05) is 44.2 Å². The Labute approximate surface area is 218 Å². The molecule has 11 heteroatoms. The molecule has 1 aliphatic heterocycles. The fourth-order valence-corrected chi connectivity index (χ4v) is 4.99. The summed E-state index contributed by atoms with van der Waals surface area (Å²) >= 11 is 0. The Morgan fingerprint density at radius 2 is 1.95 bits per heavy atom. The molecule has 38 heavy (non-hydrogen) atoms. The molecule has 0 bridgehead atoms. The van der Waals surface area contributed by atoms with Gasteiger partial charge in [0, 0.05) is 19.6 Å². The number of hydrogen-bond donors (Lipinski definition) is 3. The van der Waals surface area contributed by atoms with Gasteiger partial charge in [-0.15, -0.1) is 0 Å². The second-order valence-electron chi connectivity index (χ2n) is 9.53. The van der Waals surface area contributed by atoms with Gasteiger partial charge in [0.1, 0.15) is 11.3 Å². The van der Waals surface area contributed by atoms with Gasteiger partial charge in [0.25, 0.3) is 5.56 Å². The first-order valence-corrected chi connectivity index (χ1v) is 12.6. The summed E-state index contributed by atoms with van der Waals surface area (Å²) in [6.07, 6.45) is 1.54. The molecule has 5 aromatic rings. The van der Waals surface area contributed by atoms with E-state index >= 15 is 0 Å². The number of morpholine rings is 1. The van der Waals surface area contributed by atoms with Crippen LogP contribution in [0.2, 0.25) is 0 Å². The predicted molar refractivity (Wildman–Crippen MR) is 146 cm³/mol. The van der Waals surface area contributed by atoms with E-state index < -0.39 is 6.04 Å². The highest BCUT2D eigenvalue weighted by Gasteiger charge is 2.21. The smallest absolute Gasteiger partial charge is 0.266 e. The summed E-state index contributed by atoms with van der Waals surface area (Å²) in [6.45, 7) is 7.90. The minimum Gasteiger partial charge on any atom is -0.379 e. The molecular weight excluding hydrogens is 482 g/mol. The molecule has 1 atom stereocenters. The Balaban J connectivity index is 1.46. The number of aryl methyl sites for hydroxylation is 1. The molecule has 11 nitrogen and oxygen atoms in total. The summed E-state index contributed by atoms with van der Waals surface area (Å²) in [5, 5.41) is 3.97. The lowest BCUT2D eigenvalue weighted by molar-refractivity contribution is 0.0342. The highest BCUT2D eigenvalue weighted by molar-refractivity contribution is 5.84. The molecule has 1 unspecified atom stereocenters. The van der Waals surface area contributed by atoms with Crippen LogP contribution in [-0.2, 0) is 11.3 Å². The summed E-state index contributed by atoms with van der Waals surface area (Å²) < 4.78 is 7.19. The Morgan fingerprint density at radius 3 is 2.79 bits per heavy atom. The van der Waals surface area contributed by atoms with E-state index in [-0.39, 0.29) is 11.5 Å². The molecule has 0 saturated carbocycles. The second kappa shape index (κ2) is 9.84. The first kappa shape index (κ1) is 24.0. The molecule has 1 fully saturated rings. The van der Waals surface area contributed by atoms with E-state index in [1.165, 1.54) is 0 Å². The van der Waals surface area contributed by atoms with Crippen LogP contribution in [-0.4, -0.2) is 60.7 Å². The van der Waals surface area contributed by atoms with Crippen LogP contribution in [0.15, 0.2) is 53.6 Å². The molecule has 0 amide bonds. The molecule has 2 aromatic carbocycles. The van der Waals surface area contributed by atoms with Crippen LogP contribution in [0, 0.1) is 6.92 Å². The standard InChI is InChI=1S/C27H29N9O2/c1-16-5-3-8-20-21(16)26(37)36(19-7-4-6-18(13-19)14-35-9-11-38-12-10-35)25(32-20)17(2)31-24-22-23(30-15-29-22)33-27(28)34-24/h3-8,13,15,17H,9-12,14H2,1-2H3,(H4,28,29,30,31,33,34). The highest BCUT2D eigenvalue weighted by atomic mass is 16.5. The summed E-state index contributed by atoms with van der Waals surface area (Å²) in [5.74, 6) is 1.14. The van der Waals surface area contributed by atoms with E-state index in [0.717, 1.165) is 49.7 Å². The van der Waals surface area contributed by atoms with Gasteiger partial charge in [-0.2, -0.15) is 9.97 Å². The van der Waals surface area contributed by atoms with Crippen LogP contribution in [0.5, 0.6) is 0 Å². The summed E-state index contributed by atoms with van der Waals surface area (Å²) in [5.41, 5.74) is 10.3. The van der Waals surface area contributed by atoms with Gasteiger partial charge < -0.3 is 20.8 Å². The molecule has 0 aliphatic carbocycles. The van der Waals surface area contributed by atoms with Gasteiger partial charge >= 0.3 is 0 Å². The molecule has 4 heterocycles. The van der Waals surface area contributed by atoms with Crippen molar-refractivity contribution in [1.82, 2.24) is 34.4 Å². The number of anilines is 2. The number of benzene rings is 2. The van der Waals surface area contributed by atoms with Gasteiger partial charge in [0.05, 0.1) is 42.2 Å². The SMILES string of the molecule is Cc1cccc2nc(C(C)Nc3nc(N)nc4[nH]cnc34)n(-c3cccc(CN4CCOCC4)c3)c(=O)c12. The first-order valence-electron chi connectivity index (χ1n) is 12.6. The summed E-state index contributed by atoms with van der Waals surface area (Å²) in [6, 6.07) is 13.4. The Morgan fingerprint density at radius 1 is 1.13 bits per heavy atom. The van der Waals surface area contributed by atoms with Crippen molar-refractivity contribution < 1.29 is 4.74 Å². The van der Waals surface area contributed by atoms with Gasteiger partial charge in [-0.25, -0.2) is 9.97 Å². The quantitative estimate of drug-likeness (QED) is 0.314. The molecule has 1 saturated heterocycles. The van der Waals surface area contributed by atoms with Crippen LogP contribution in [0.25, 0.3) is 27.8 Å². The molecule has 1 aliphatic rings. The van der Waals surface area contributed by atoms with Crippen LogP contribution in [0.3, 0.4) is 0 Å². The van der Waals surface area contributed by atoms with Gasteiger partial charge in [-0.05, 0) is 43.2 Å². The van der Waals surface area contributed by atoms with Gasteiger partial charge in [0.15, 0.2) is 11.5 Å². The summed E-state index contributed by atoms with van der Waals surface area (Å²) in [4.78, 5) is 37.2. The fraction of sp³-hybridized carbons (Fsp3) is 0.296. The lowest BCUT2D eigenvalue weighted by Gasteiger charge is -2.27. The van der Waals surface area contributed by atoms with Crippen molar-refractivity contribution in [2.75, 3.05) is 37.4 Å². The average Bonchev–Trinajstić information content (AvgIpc) is 3.38. The largest absolute Gasteiger partial charge is 0.379 e. The summed E-state index contributed by atoms with van der Waals surface area (Å²) in [7, 11) is 0. The third-order valence-corrected chi connectivity index (χ3v) is 6.85. The maximum atomic E-state index is 14.1. The highest BCUT2D eigenvalue weighted by Crippen LogP contribution is 2.26. The zero-order valence-electron chi connectivity index (χ0n) is 21.3. The van der Waals surface area contributed by atoms with Crippen LogP contribution in [0.4, 0.5) is 11.8 Å². The maximum absolute atomic E-state index is 14.1. The van der Waals surface area contributed by atoms with E-state index in [2.05, 4.69) is 42.3 Å². The van der Waals surface area contributed by atoms with Crippen LogP contribution < -0.4 is 16.6 Å². The van der Waals surface area contributed by atoms with Crippen molar-refractivity contribution in [2.45, 2.75) is 26.4 Å². The van der Waals surface area contributed by atoms with Crippen molar-refractivity contribution in [3.63, 3.8) is 0 Å². The Kier molecular flexibility index (Phi) is 6.22. The van der Waals surface area contributed by atoms with Crippen molar-refractivity contribution in [1.29, 1.82) is 0 Å². The number of aromatic amines is 1. The number of nitrogens with two attached hydrogens (primary N) is 1. The number of nitrogen functional groups attached to an aromatic ring is 1. The zero-order valence-corrected chi connectivity index (χ0v) is 21.3.